The molecule has 1 aromatic heterocycles. The molecule has 1 saturated heterocycles. The van der Waals surface area contributed by atoms with Gasteiger partial charge >= 0.3 is 0 Å². The number of halogens is 1. The molecule has 7 heteroatoms. The Morgan fingerprint density at radius 1 is 1.14 bits per heavy atom. The Labute approximate surface area is 173 Å². The second kappa shape index (κ2) is 10.5. The topological polar surface area (TPSA) is 48.7 Å². The van der Waals surface area contributed by atoms with E-state index in [1.165, 1.54) is 5.56 Å². The van der Waals surface area contributed by atoms with Gasteiger partial charge in [0.05, 0.1) is 0 Å². The largest absolute Gasteiger partial charge is 0.356 e. The lowest BCUT2D eigenvalue weighted by Gasteiger charge is -2.36. The van der Waals surface area contributed by atoms with Crippen molar-refractivity contribution in [2.75, 3.05) is 39.8 Å². The first-order valence-corrected chi connectivity index (χ1v) is 10.4. The van der Waals surface area contributed by atoms with E-state index in [1.807, 2.05) is 38.5 Å². The molecule has 1 aliphatic rings. The highest BCUT2D eigenvalue weighted by molar-refractivity contribution is 6.30. The monoisotopic (exact) mass is 402 g/mol. The molecule has 0 bridgehead atoms. The van der Waals surface area contributed by atoms with Crippen molar-refractivity contribution in [3.05, 3.63) is 53.1 Å². The molecule has 0 aliphatic carbocycles. The number of hydrogen-bond donors (Lipinski definition) is 1. The van der Waals surface area contributed by atoms with E-state index < -0.39 is 0 Å². The normalized spacial score (nSPS) is 15.8. The van der Waals surface area contributed by atoms with Crippen LogP contribution in [0.15, 0.2) is 41.7 Å². The molecule has 0 spiro atoms. The first-order valence-electron chi connectivity index (χ1n) is 10.1. The number of aliphatic imine (C=N–C) groups is 1. The van der Waals surface area contributed by atoms with E-state index in [4.69, 9.17) is 11.6 Å². The lowest BCUT2D eigenvalue weighted by atomic mass is 10.2. The lowest BCUT2D eigenvalue weighted by molar-refractivity contribution is 0.172. The fraction of sp³-hybridized carbons (Fsp3) is 0.524. The third kappa shape index (κ3) is 5.97. The van der Waals surface area contributed by atoms with E-state index in [2.05, 4.69) is 41.8 Å². The number of piperazine rings is 1. The van der Waals surface area contributed by atoms with Crippen molar-refractivity contribution < 1.29 is 0 Å². The number of aryl methyl sites for hydroxylation is 2. The maximum atomic E-state index is 5.97. The van der Waals surface area contributed by atoms with Crippen LogP contribution in [-0.2, 0) is 13.1 Å². The van der Waals surface area contributed by atoms with Gasteiger partial charge in [-0.3, -0.25) is 9.89 Å². The maximum absolute atomic E-state index is 5.97. The van der Waals surface area contributed by atoms with Crippen LogP contribution >= 0.6 is 11.6 Å². The smallest absolute Gasteiger partial charge is 0.193 e. The summed E-state index contributed by atoms with van der Waals surface area (Å²) in [7, 11) is 1.87. The number of imidazole rings is 1. The highest BCUT2D eigenvalue weighted by Gasteiger charge is 2.19. The fourth-order valence-electron chi connectivity index (χ4n) is 3.55. The van der Waals surface area contributed by atoms with E-state index in [0.29, 0.717) is 0 Å². The summed E-state index contributed by atoms with van der Waals surface area (Å²) in [5, 5.41) is 4.32. The minimum atomic E-state index is 0.795. The summed E-state index contributed by atoms with van der Waals surface area (Å²) >= 11 is 5.97. The molecule has 1 fully saturated rings. The number of nitrogens with zero attached hydrogens (tertiary/aromatic N) is 5. The zero-order chi connectivity index (χ0) is 19.8. The predicted molar refractivity (Wildman–Crippen MR) is 116 cm³/mol. The quantitative estimate of drug-likeness (QED) is 0.439. The summed E-state index contributed by atoms with van der Waals surface area (Å²) in [5.41, 5.74) is 1.31. The number of rotatable bonds is 7. The average Bonchev–Trinajstić information content (AvgIpc) is 3.12. The minimum absolute atomic E-state index is 0.795. The van der Waals surface area contributed by atoms with E-state index in [-0.39, 0.29) is 0 Å². The van der Waals surface area contributed by atoms with Crippen LogP contribution in [0.4, 0.5) is 0 Å². The van der Waals surface area contributed by atoms with Crippen molar-refractivity contribution in [2.24, 2.45) is 4.99 Å². The molecule has 1 N–H and O–H groups in total. The molecule has 1 aliphatic heterocycles. The molecule has 2 heterocycles. The molecule has 1 aromatic carbocycles. The molecular weight excluding hydrogens is 372 g/mol. The van der Waals surface area contributed by atoms with Gasteiger partial charge in [0.2, 0.25) is 0 Å². The van der Waals surface area contributed by atoms with E-state index in [0.717, 1.165) is 75.5 Å². The first kappa shape index (κ1) is 20.7. The molecule has 152 valence electrons. The molecule has 6 nitrogen and oxygen atoms in total. The van der Waals surface area contributed by atoms with Gasteiger partial charge in [-0.2, -0.15) is 0 Å². The zero-order valence-electron chi connectivity index (χ0n) is 16.9. The maximum Gasteiger partial charge on any atom is 0.193 e. The first-order chi connectivity index (χ1) is 13.7. The van der Waals surface area contributed by atoms with Gasteiger partial charge in [-0.1, -0.05) is 23.7 Å². The molecule has 0 saturated carbocycles. The second-order valence-electron chi connectivity index (χ2n) is 7.24. The number of benzene rings is 1. The van der Waals surface area contributed by atoms with Crippen LogP contribution in [0, 0.1) is 6.92 Å². The summed E-state index contributed by atoms with van der Waals surface area (Å²) < 4.78 is 2.20. The second-order valence-corrected chi connectivity index (χ2v) is 7.68. The van der Waals surface area contributed by atoms with Gasteiger partial charge in [0.15, 0.2) is 5.96 Å². The summed E-state index contributed by atoms with van der Waals surface area (Å²) in [6, 6.07) is 8.15. The Balaban J connectivity index is 1.35. The Kier molecular flexibility index (Phi) is 7.74. The Morgan fingerprint density at radius 2 is 1.89 bits per heavy atom. The van der Waals surface area contributed by atoms with Crippen molar-refractivity contribution in [1.82, 2.24) is 24.7 Å². The van der Waals surface area contributed by atoms with Gasteiger partial charge in [-0.05, 0) is 37.5 Å². The molecule has 0 unspecified atom stereocenters. The van der Waals surface area contributed by atoms with Crippen LogP contribution in [0.25, 0.3) is 0 Å². The van der Waals surface area contributed by atoms with Crippen molar-refractivity contribution in [2.45, 2.75) is 32.9 Å². The van der Waals surface area contributed by atoms with Gasteiger partial charge in [0.25, 0.3) is 0 Å². The van der Waals surface area contributed by atoms with Crippen molar-refractivity contribution in [3.8, 4) is 0 Å². The van der Waals surface area contributed by atoms with Crippen LogP contribution in [0.2, 0.25) is 5.02 Å². The Hall–Kier alpha value is -2.05. The van der Waals surface area contributed by atoms with E-state index >= 15 is 0 Å². The third-order valence-electron chi connectivity index (χ3n) is 5.24. The van der Waals surface area contributed by atoms with Gasteiger partial charge in [0.1, 0.15) is 5.82 Å². The molecule has 28 heavy (non-hydrogen) atoms. The number of nitrogens with one attached hydrogen (secondary N) is 1. The van der Waals surface area contributed by atoms with E-state index in [1.54, 1.807) is 0 Å². The fourth-order valence-corrected chi connectivity index (χ4v) is 3.67. The standard InChI is InChI=1S/C21H31ClN6/c1-18-24-10-12-27(18)11-4-3-9-25-21(23-2)28-15-13-26(14-16-28)17-19-5-7-20(22)8-6-19/h5-8,10,12H,3-4,9,11,13-17H2,1-2H3,(H,23,25). The van der Waals surface area contributed by atoms with Crippen LogP contribution in [-0.4, -0.2) is 65.1 Å². The van der Waals surface area contributed by atoms with E-state index in [9.17, 15) is 0 Å². The van der Waals surface area contributed by atoms with Crippen molar-refractivity contribution in [1.29, 1.82) is 0 Å². The minimum Gasteiger partial charge on any atom is -0.356 e. The number of unbranched alkanes of at least 4 members (excludes halogenated alkanes) is 1. The van der Waals surface area contributed by atoms with Gasteiger partial charge < -0.3 is 14.8 Å². The Bertz CT molecular complexity index is 747. The summed E-state index contributed by atoms with van der Waals surface area (Å²) in [6.07, 6.45) is 6.16. The molecule has 0 atom stereocenters. The third-order valence-corrected chi connectivity index (χ3v) is 5.49. The van der Waals surface area contributed by atoms with Gasteiger partial charge in [-0.25, -0.2) is 4.98 Å². The van der Waals surface area contributed by atoms with Crippen LogP contribution < -0.4 is 5.32 Å². The van der Waals surface area contributed by atoms with Crippen molar-refractivity contribution in [3.63, 3.8) is 0 Å². The summed E-state index contributed by atoms with van der Waals surface area (Å²) in [5.74, 6) is 2.10. The van der Waals surface area contributed by atoms with Gasteiger partial charge in [0, 0.05) is 70.3 Å². The van der Waals surface area contributed by atoms with Gasteiger partial charge in [-0.15, -0.1) is 0 Å². The van der Waals surface area contributed by atoms with Crippen molar-refractivity contribution >= 4 is 17.6 Å². The molecule has 0 radical (unpaired) electrons. The number of hydrogen-bond acceptors (Lipinski definition) is 3. The predicted octanol–water partition coefficient (Wildman–Crippen LogP) is 3.02. The van der Waals surface area contributed by atoms with Crippen LogP contribution in [0.1, 0.15) is 24.2 Å². The summed E-state index contributed by atoms with van der Waals surface area (Å²) in [6.45, 7) is 9.09. The van der Waals surface area contributed by atoms with Crippen LogP contribution in [0.5, 0.6) is 0 Å². The lowest BCUT2D eigenvalue weighted by Crippen LogP contribution is -2.52. The average molecular weight is 403 g/mol. The number of guanidine groups is 1. The molecule has 0 amide bonds. The highest BCUT2D eigenvalue weighted by atomic mass is 35.5. The summed E-state index contributed by atoms with van der Waals surface area (Å²) in [4.78, 5) is 13.6. The van der Waals surface area contributed by atoms with Crippen LogP contribution in [0.3, 0.4) is 0 Å². The molecule has 2 aromatic rings. The highest BCUT2D eigenvalue weighted by Crippen LogP contribution is 2.13. The zero-order valence-corrected chi connectivity index (χ0v) is 17.7. The molecule has 3 rings (SSSR count). The molecular formula is C21H31ClN6. The number of aromatic nitrogens is 2. The SMILES string of the molecule is CN=C(NCCCCn1ccnc1C)N1CCN(Cc2ccc(Cl)cc2)CC1. The Morgan fingerprint density at radius 3 is 2.54 bits per heavy atom.